The number of hydrogen-bond acceptors (Lipinski definition) is 4. The lowest BCUT2D eigenvalue weighted by Crippen LogP contribution is -2.46. The van der Waals surface area contributed by atoms with Gasteiger partial charge in [-0.3, -0.25) is 9.59 Å². The second-order valence-corrected chi connectivity index (χ2v) is 7.50. The van der Waals surface area contributed by atoms with Crippen molar-refractivity contribution in [2.45, 2.75) is 31.7 Å². The summed E-state index contributed by atoms with van der Waals surface area (Å²) >= 11 is 0. The molecule has 1 atom stereocenters. The number of hydrogen-bond donors (Lipinski definition) is 0. The van der Waals surface area contributed by atoms with Crippen molar-refractivity contribution >= 4 is 17.5 Å². The Labute approximate surface area is 177 Å². The Hall–Kier alpha value is -3.23. The van der Waals surface area contributed by atoms with Crippen LogP contribution in [0, 0.1) is 0 Å². The van der Waals surface area contributed by atoms with Crippen LogP contribution in [0.15, 0.2) is 42.5 Å². The number of fused-ring (bicyclic) bond motifs is 2. The number of ether oxygens (including phenoxy) is 2. The number of carbonyl (C=O) groups excluding carboxylic acids is 2. The Balaban J connectivity index is 1.78. The van der Waals surface area contributed by atoms with Gasteiger partial charge in [0, 0.05) is 19.2 Å². The van der Waals surface area contributed by atoms with E-state index in [1.54, 1.807) is 0 Å². The maximum absolute atomic E-state index is 13.4. The van der Waals surface area contributed by atoms with Crippen LogP contribution in [-0.2, 0) is 11.4 Å². The highest BCUT2D eigenvalue weighted by Crippen LogP contribution is 2.41. The lowest BCUT2D eigenvalue weighted by Gasteiger charge is -2.27. The molecule has 1 unspecified atom stereocenters. The number of methoxy groups -OCH3 is 1. The molecule has 1 saturated heterocycles. The third-order valence-electron chi connectivity index (χ3n) is 5.56. The zero-order valence-electron chi connectivity index (χ0n) is 16.8. The molecular formula is C22H21F3N2O4. The van der Waals surface area contributed by atoms with Gasteiger partial charge in [-0.2, -0.15) is 13.2 Å². The molecule has 6 nitrogen and oxygen atoms in total. The van der Waals surface area contributed by atoms with E-state index in [2.05, 4.69) is 0 Å². The van der Waals surface area contributed by atoms with Gasteiger partial charge in [-0.1, -0.05) is 30.3 Å². The number of carbonyl (C=O) groups is 2. The third-order valence-corrected chi connectivity index (χ3v) is 5.56. The molecule has 2 amide bonds. The average molecular weight is 434 g/mol. The molecule has 0 N–H and O–H groups in total. The van der Waals surface area contributed by atoms with Crippen LogP contribution in [0.4, 0.5) is 18.9 Å². The summed E-state index contributed by atoms with van der Waals surface area (Å²) < 4.78 is 51.2. The van der Waals surface area contributed by atoms with E-state index < -0.39 is 24.0 Å². The largest absolute Gasteiger partial charge is 0.493 e. The Bertz CT molecular complexity index is 994. The maximum atomic E-state index is 13.4. The summed E-state index contributed by atoms with van der Waals surface area (Å²) in [4.78, 5) is 27.6. The fourth-order valence-corrected chi connectivity index (χ4v) is 4.05. The highest BCUT2D eigenvalue weighted by molar-refractivity contribution is 6.08. The van der Waals surface area contributed by atoms with Crippen molar-refractivity contribution in [3.8, 4) is 11.5 Å². The maximum Gasteiger partial charge on any atom is 0.471 e. The molecule has 1 fully saturated rings. The van der Waals surface area contributed by atoms with Crippen LogP contribution < -0.4 is 14.4 Å². The monoisotopic (exact) mass is 434 g/mol. The van der Waals surface area contributed by atoms with Crippen LogP contribution in [0.5, 0.6) is 11.5 Å². The fraction of sp³-hybridized carbons (Fsp3) is 0.364. The van der Waals surface area contributed by atoms with Crippen molar-refractivity contribution in [3.63, 3.8) is 0 Å². The number of alkyl halides is 3. The molecule has 0 aliphatic carbocycles. The van der Waals surface area contributed by atoms with Crippen LogP contribution >= 0.6 is 0 Å². The molecule has 164 valence electrons. The fourth-order valence-electron chi connectivity index (χ4n) is 4.05. The number of nitrogens with zero attached hydrogens (tertiary/aromatic N) is 2. The van der Waals surface area contributed by atoms with E-state index >= 15 is 0 Å². The van der Waals surface area contributed by atoms with Gasteiger partial charge in [-0.05, 0) is 24.5 Å². The number of anilines is 1. The predicted molar refractivity (Wildman–Crippen MR) is 106 cm³/mol. The van der Waals surface area contributed by atoms with Crippen molar-refractivity contribution < 1.29 is 32.2 Å². The van der Waals surface area contributed by atoms with Crippen molar-refractivity contribution in [3.05, 3.63) is 53.6 Å². The second kappa shape index (κ2) is 8.13. The Morgan fingerprint density at radius 2 is 1.90 bits per heavy atom. The molecule has 0 radical (unpaired) electrons. The molecule has 2 aliphatic rings. The summed E-state index contributed by atoms with van der Waals surface area (Å²) in [7, 11) is 1.38. The van der Waals surface area contributed by atoms with Gasteiger partial charge < -0.3 is 19.3 Å². The molecule has 2 aromatic rings. The highest BCUT2D eigenvalue weighted by Gasteiger charge is 2.47. The molecule has 31 heavy (non-hydrogen) atoms. The van der Waals surface area contributed by atoms with Gasteiger partial charge in [0.2, 0.25) is 0 Å². The van der Waals surface area contributed by atoms with Gasteiger partial charge in [0.05, 0.1) is 24.4 Å². The Kier molecular flexibility index (Phi) is 5.51. The van der Waals surface area contributed by atoms with Crippen LogP contribution in [0.25, 0.3) is 0 Å². The summed E-state index contributed by atoms with van der Waals surface area (Å²) in [5, 5.41) is 0. The van der Waals surface area contributed by atoms with Crippen LogP contribution in [0.3, 0.4) is 0 Å². The van der Waals surface area contributed by atoms with Gasteiger partial charge in [0.25, 0.3) is 5.91 Å². The Morgan fingerprint density at radius 1 is 1.16 bits per heavy atom. The number of rotatable bonds is 4. The minimum Gasteiger partial charge on any atom is -0.493 e. The number of halogens is 3. The third kappa shape index (κ3) is 4.04. The first kappa shape index (κ1) is 21.0. The molecule has 4 rings (SSSR count). The molecular weight excluding hydrogens is 413 g/mol. The zero-order valence-corrected chi connectivity index (χ0v) is 16.8. The first-order chi connectivity index (χ1) is 14.8. The van der Waals surface area contributed by atoms with Gasteiger partial charge in [-0.15, -0.1) is 0 Å². The van der Waals surface area contributed by atoms with E-state index in [1.165, 1.54) is 24.1 Å². The van der Waals surface area contributed by atoms with Crippen molar-refractivity contribution in [2.24, 2.45) is 0 Å². The first-order valence-corrected chi connectivity index (χ1v) is 9.88. The highest BCUT2D eigenvalue weighted by atomic mass is 19.4. The number of amides is 2. The lowest BCUT2D eigenvalue weighted by atomic mass is 10.1. The smallest absolute Gasteiger partial charge is 0.471 e. The summed E-state index contributed by atoms with van der Waals surface area (Å²) in [6, 6.07) is 11.4. The lowest BCUT2D eigenvalue weighted by molar-refractivity contribution is -0.170. The molecule has 0 aromatic heterocycles. The van der Waals surface area contributed by atoms with Crippen molar-refractivity contribution in [1.82, 2.24) is 4.90 Å². The van der Waals surface area contributed by atoms with Gasteiger partial charge in [0.15, 0.2) is 11.5 Å². The zero-order chi connectivity index (χ0) is 22.2. The van der Waals surface area contributed by atoms with E-state index in [9.17, 15) is 22.8 Å². The van der Waals surface area contributed by atoms with Gasteiger partial charge in [-0.25, -0.2) is 0 Å². The van der Waals surface area contributed by atoms with Crippen molar-refractivity contribution in [1.29, 1.82) is 0 Å². The Morgan fingerprint density at radius 3 is 2.58 bits per heavy atom. The minimum absolute atomic E-state index is 0.00842. The van der Waals surface area contributed by atoms with Gasteiger partial charge in [0.1, 0.15) is 6.61 Å². The molecule has 2 aliphatic heterocycles. The molecule has 0 saturated carbocycles. The van der Waals surface area contributed by atoms with Crippen LogP contribution in [-0.4, -0.2) is 49.1 Å². The summed E-state index contributed by atoms with van der Waals surface area (Å²) in [6.07, 6.45) is -3.86. The topological polar surface area (TPSA) is 59.1 Å². The molecule has 2 aromatic carbocycles. The van der Waals surface area contributed by atoms with Crippen LogP contribution in [0.1, 0.15) is 28.8 Å². The average Bonchev–Trinajstić information content (AvgIpc) is 3.19. The van der Waals surface area contributed by atoms with E-state index in [0.717, 1.165) is 5.56 Å². The molecule has 9 heteroatoms. The summed E-state index contributed by atoms with van der Waals surface area (Å²) in [5.41, 5.74) is 0.718. The summed E-state index contributed by atoms with van der Waals surface area (Å²) in [5.74, 6) is -2.06. The van der Waals surface area contributed by atoms with E-state index in [0.29, 0.717) is 24.3 Å². The summed E-state index contributed by atoms with van der Waals surface area (Å²) in [6.45, 7) is 0.360. The van der Waals surface area contributed by atoms with Gasteiger partial charge >= 0.3 is 12.1 Å². The van der Waals surface area contributed by atoms with Crippen molar-refractivity contribution in [2.75, 3.05) is 25.1 Å². The van der Waals surface area contributed by atoms with E-state index in [4.69, 9.17) is 9.47 Å². The van der Waals surface area contributed by atoms with E-state index in [1.807, 2.05) is 30.3 Å². The molecule has 2 heterocycles. The predicted octanol–water partition coefficient (Wildman–Crippen LogP) is 3.79. The first-order valence-electron chi connectivity index (χ1n) is 9.88. The molecule has 0 bridgehead atoms. The standard InChI is InChI=1S/C22H21F3N2O4/c1-30-18-10-16-17(11-19(18)31-13-14-6-3-2-4-7-14)27(21(29)22(23,24)25)12-15-8-5-9-26(15)20(16)28/h2-4,6-7,10-11,15H,5,8-9,12-13H2,1H3. The normalized spacial score (nSPS) is 18.3. The van der Waals surface area contributed by atoms with E-state index in [-0.39, 0.29) is 35.9 Å². The number of benzene rings is 2. The second-order valence-electron chi connectivity index (χ2n) is 7.50. The minimum atomic E-state index is -5.07. The SMILES string of the molecule is COc1cc2c(cc1OCc1ccccc1)N(C(=O)C(F)(F)F)CC1CCCN1C2=O. The molecule has 0 spiro atoms. The quantitative estimate of drug-likeness (QED) is 0.735. The van der Waals surface area contributed by atoms with Crippen LogP contribution in [0.2, 0.25) is 0 Å².